The van der Waals surface area contributed by atoms with E-state index >= 15 is 0 Å². The number of para-hydroxylation sites is 1. The van der Waals surface area contributed by atoms with Crippen LogP contribution in [0.5, 0.6) is 5.75 Å². The van der Waals surface area contributed by atoms with Crippen LogP contribution in [0.2, 0.25) is 0 Å². The van der Waals surface area contributed by atoms with Crippen LogP contribution in [0.3, 0.4) is 0 Å². The van der Waals surface area contributed by atoms with Crippen molar-refractivity contribution in [3.05, 3.63) is 76.7 Å². The van der Waals surface area contributed by atoms with Crippen LogP contribution in [0.15, 0.2) is 70.6 Å². The number of carbonyl (C=O) groups is 1. The average molecular weight is 360 g/mol. The Balaban J connectivity index is 1.70. The monoisotopic (exact) mass is 360 g/mol. The van der Waals surface area contributed by atoms with Crippen molar-refractivity contribution < 1.29 is 9.90 Å². The summed E-state index contributed by atoms with van der Waals surface area (Å²) in [7, 11) is 0. The highest BCUT2D eigenvalue weighted by atomic mass is 32.2. The second-order valence-electron chi connectivity index (χ2n) is 5.99. The number of benzene rings is 3. The summed E-state index contributed by atoms with van der Waals surface area (Å²) in [6.45, 7) is 1.87. The lowest BCUT2D eigenvalue weighted by Crippen LogP contribution is -2.19. The first-order valence-electron chi connectivity index (χ1n) is 8.18. The molecule has 0 aromatic heterocycles. The molecule has 0 atom stereocenters. The zero-order valence-electron chi connectivity index (χ0n) is 14.1. The minimum absolute atomic E-state index is 0.0961. The molecule has 4 rings (SSSR count). The number of aryl methyl sites for hydroxylation is 1. The summed E-state index contributed by atoms with van der Waals surface area (Å²) in [5, 5.41) is 15.5. The lowest BCUT2D eigenvalue weighted by Gasteiger charge is -2.03. The molecule has 0 bridgehead atoms. The third kappa shape index (κ3) is 3.09. The van der Waals surface area contributed by atoms with Gasteiger partial charge in [-0.3, -0.25) is 4.79 Å². The van der Waals surface area contributed by atoms with Crippen molar-refractivity contribution in [2.75, 3.05) is 0 Å². The number of phenolic OH excluding ortho intramolecular Hbond substituents is 1. The molecule has 1 aliphatic rings. The SMILES string of the molecule is Cc1cccc(O)c1N=C1NC(=O)/C(=C/c2cccc3ccccc23)S1. The first-order valence-corrected chi connectivity index (χ1v) is 8.99. The number of phenols is 1. The van der Waals surface area contributed by atoms with Crippen LogP contribution in [0, 0.1) is 6.92 Å². The highest BCUT2D eigenvalue weighted by Crippen LogP contribution is 2.34. The molecule has 2 N–H and O–H groups in total. The number of hydrogen-bond acceptors (Lipinski definition) is 4. The zero-order chi connectivity index (χ0) is 18.1. The van der Waals surface area contributed by atoms with Gasteiger partial charge < -0.3 is 10.4 Å². The molecule has 3 aromatic carbocycles. The summed E-state index contributed by atoms with van der Waals surface area (Å²) in [6, 6.07) is 19.3. The van der Waals surface area contributed by atoms with E-state index in [2.05, 4.69) is 10.3 Å². The van der Waals surface area contributed by atoms with Crippen LogP contribution in [0.25, 0.3) is 16.8 Å². The molecule has 128 valence electrons. The summed E-state index contributed by atoms with van der Waals surface area (Å²) >= 11 is 1.27. The number of thioether (sulfide) groups is 1. The van der Waals surface area contributed by atoms with Gasteiger partial charge in [0.15, 0.2) is 5.17 Å². The van der Waals surface area contributed by atoms with E-state index in [9.17, 15) is 9.90 Å². The molecule has 0 spiro atoms. The Hall–Kier alpha value is -3.05. The first-order chi connectivity index (χ1) is 12.6. The molecule has 0 saturated carbocycles. The van der Waals surface area contributed by atoms with Gasteiger partial charge >= 0.3 is 0 Å². The number of nitrogens with zero attached hydrogens (tertiary/aromatic N) is 1. The van der Waals surface area contributed by atoms with E-state index in [1.807, 2.05) is 61.5 Å². The molecule has 3 aromatic rings. The van der Waals surface area contributed by atoms with Gasteiger partial charge in [-0.05, 0) is 52.7 Å². The van der Waals surface area contributed by atoms with Crippen LogP contribution in [-0.4, -0.2) is 16.2 Å². The normalized spacial score (nSPS) is 17.2. The van der Waals surface area contributed by atoms with Gasteiger partial charge in [-0.15, -0.1) is 0 Å². The van der Waals surface area contributed by atoms with Crippen LogP contribution in [0.4, 0.5) is 5.69 Å². The maximum Gasteiger partial charge on any atom is 0.264 e. The van der Waals surface area contributed by atoms with E-state index in [4.69, 9.17) is 0 Å². The number of nitrogens with one attached hydrogen (secondary N) is 1. The van der Waals surface area contributed by atoms with Crippen molar-refractivity contribution >= 4 is 45.4 Å². The minimum Gasteiger partial charge on any atom is -0.506 e. The second-order valence-corrected chi connectivity index (χ2v) is 7.02. The van der Waals surface area contributed by atoms with E-state index in [1.165, 1.54) is 11.8 Å². The smallest absolute Gasteiger partial charge is 0.264 e. The summed E-state index contributed by atoms with van der Waals surface area (Å²) < 4.78 is 0. The number of carbonyl (C=O) groups excluding carboxylic acids is 1. The largest absolute Gasteiger partial charge is 0.506 e. The van der Waals surface area contributed by atoms with Gasteiger partial charge in [-0.25, -0.2) is 4.99 Å². The molecule has 26 heavy (non-hydrogen) atoms. The molecular formula is C21H16N2O2S. The van der Waals surface area contributed by atoms with Crippen LogP contribution in [-0.2, 0) is 4.79 Å². The fraction of sp³-hybridized carbons (Fsp3) is 0.0476. The number of hydrogen-bond donors (Lipinski definition) is 2. The third-order valence-electron chi connectivity index (χ3n) is 4.19. The Morgan fingerprint density at radius 3 is 2.65 bits per heavy atom. The van der Waals surface area contributed by atoms with Gasteiger partial charge in [0.05, 0.1) is 4.91 Å². The van der Waals surface area contributed by atoms with Crippen LogP contribution >= 0.6 is 11.8 Å². The van der Waals surface area contributed by atoms with E-state index < -0.39 is 0 Å². The van der Waals surface area contributed by atoms with Crippen molar-refractivity contribution in [3.8, 4) is 5.75 Å². The topological polar surface area (TPSA) is 61.7 Å². The number of fused-ring (bicyclic) bond motifs is 1. The van der Waals surface area contributed by atoms with Gasteiger partial charge in [-0.1, -0.05) is 54.6 Å². The molecule has 4 nitrogen and oxygen atoms in total. The Morgan fingerprint density at radius 2 is 1.81 bits per heavy atom. The fourth-order valence-electron chi connectivity index (χ4n) is 2.89. The van der Waals surface area contributed by atoms with Crippen LogP contribution < -0.4 is 5.32 Å². The van der Waals surface area contributed by atoms with Crippen molar-refractivity contribution in [1.29, 1.82) is 0 Å². The Labute approximate surface area is 155 Å². The van der Waals surface area contributed by atoms with Gasteiger partial charge in [0.2, 0.25) is 0 Å². The highest BCUT2D eigenvalue weighted by molar-refractivity contribution is 8.18. The molecule has 1 fully saturated rings. The Kier molecular flexibility index (Phi) is 4.22. The van der Waals surface area contributed by atoms with E-state index in [0.29, 0.717) is 15.8 Å². The fourth-order valence-corrected chi connectivity index (χ4v) is 3.71. The van der Waals surface area contributed by atoms with Crippen molar-refractivity contribution in [2.24, 2.45) is 4.99 Å². The number of aromatic hydroxyl groups is 1. The molecule has 1 saturated heterocycles. The minimum atomic E-state index is -0.185. The number of amides is 1. The van der Waals surface area contributed by atoms with Crippen molar-refractivity contribution in [2.45, 2.75) is 6.92 Å². The predicted molar refractivity (Wildman–Crippen MR) is 108 cm³/mol. The standard InChI is InChI=1S/C21H16N2O2S/c1-13-6-4-11-17(24)19(13)22-21-23-20(25)18(26-21)12-15-9-5-8-14-7-2-3-10-16(14)15/h2-12,24H,1H3,(H,22,23,25)/b18-12-. The maximum atomic E-state index is 12.3. The third-order valence-corrected chi connectivity index (χ3v) is 5.10. The first kappa shape index (κ1) is 16.4. The Bertz CT molecular complexity index is 1060. The predicted octanol–water partition coefficient (Wildman–Crippen LogP) is 4.75. The summed E-state index contributed by atoms with van der Waals surface area (Å²) in [5.41, 5.74) is 2.31. The lowest BCUT2D eigenvalue weighted by molar-refractivity contribution is -0.115. The summed E-state index contributed by atoms with van der Waals surface area (Å²) in [5.74, 6) is -0.0893. The van der Waals surface area contributed by atoms with E-state index in [1.54, 1.807) is 12.1 Å². The maximum absolute atomic E-state index is 12.3. The van der Waals surface area contributed by atoms with E-state index in [0.717, 1.165) is 21.9 Å². The lowest BCUT2D eigenvalue weighted by atomic mass is 10.0. The number of aliphatic imine (C=N–C) groups is 1. The van der Waals surface area contributed by atoms with Gasteiger partial charge in [-0.2, -0.15) is 0 Å². The molecule has 1 aliphatic heterocycles. The molecule has 0 radical (unpaired) electrons. The molecule has 0 unspecified atom stereocenters. The van der Waals surface area contributed by atoms with E-state index in [-0.39, 0.29) is 11.7 Å². The highest BCUT2D eigenvalue weighted by Gasteiger charge is 2.24. The molecular weight excluding hydrogens is 344 g/mol. The molecule has 5 heteroatoms. The van der Waals surface area contributed by atoms with Crippen molar-refractivity contribution in [1.82, 2.24) is 5.32 Å². The summed E-state index contributed by atoms with van der Waals surface area (Å²) in [6.07, 6.45) is 1.88. The summed E-state index contributed by atoms with van der Waals surface area (Å²) in [4.78, 5) is 17.3. The zero-order valence-corrected chi connectivity index (χ0v) is 14.9. The van der Waals surface area contributed by atoms with Crippen molar-refractivity contribution in [3.63, 3.8) is 0 Å². The van der Waals surface area contributed by atoms with Gasteiger partial charge in [0.25, 0.3) is 5.91 Å². The average Bonchev–Trinajstić information content (AvgIpc) is 2.98. The van der Waals surface area contributed by atoms with Gasteiger partial charge in [0, 0.05) is 0 Å². The Morgan fingerprint density at radius 1 is 1.04 bits per heavy atom. The quantitative estimate of drug-likeness (QED) is 0.649. The molecule has 1 amide bonds. The van der Waals surface area contributed by atoms with Gasteiger partial charge in [0.1, 0.15) is 11.4 Å². The second kappa shape index (κ2) is 6.69. The number of amidine groups is 1. The molecule has 0 aliphatic carbocycles. The molecule has 1 heterocycles. The van der Waals surface area contributed by atoms with Crippen LogP contribution in [0.1, 0.15) is 11.1 Å². The number of rotatable bonds is 2.